The average Bonchev–Trinajstić information content (AvgIpc) is 2.81. The van der Waals surface area contributed by atoms with Gasteiger partial charge in [-0.05, 0) is 48.7 Å². The van der Waals surface area contributed by atoms with Crippen LogP contribution < -0.4 is 5.32 Å². The minimum atomic E-state index is -3.57. The maximum absolute atomic E-state index is 13.0. The number of amides is 1. The molecule has 0 aromatic heterocycles. The van der Waals surface area contributed by atoms with E-state index in [1.807, 2.05) is 30.0 Å². The molecule has 2 saturated heterocycles. The van der Waals surface area contributed by atoms with E-state index in [9.17, 15) is 13.2 Å². The summed E-state index contributed by atoms with van der Waals surface area (Å²) in [5.41, 5.74) is 1.97. The summed E-state index contributed by atoms with van der Waals surface area (Å²) in [6, 6.07) is 14.2. The molecule has 0 bridgehead atoms. The number of nitrogens with zero attached hydrogens (tertiary/aromatic N) is 2. The van der Waals surface area contributed by atoms with Crippen molar-refractivity contribution in [3.05, 3.63) is 59.1 Å². The van der Waals surface area contributed by atoms with Crippen LogP contribution in [0.5, 0.6) is 0 Å². The van der Waals surface area contributed by atoms with Crippen molar-refractivity contribution in [3.8, 4) is 0 Å². The van der Waals surface area contributed by atoms with E-state index < -0.39 is 10.0 Å². The summed E-state index contributed by atoms with van der Waals surface area (Å²) >= 11 is 7.86. The van der Waals surface area contributed by atoms with E-state index in [1.165, 1.54) is 16.4 Å². The van der Waals surface area contributed by atoms with E-state index in [4.69, 9.17) is 11.6 Å². The van der Waals surface area contributed by atoms with Gasteiger partial charge in [-0.1, -0.05) is 29.8 Å². The predicted octanol–water partition coefficient (Wildman–Crippen LogP) is 3.93. The third kappa shape index (κ3) is 5.66. The molecule has 6 nitrogen and oxygen atoms in total. The highest BCUT2D eigenvalue weighted by atomic mass is 35.5. The summed E-state index contributed by atoms with van der Waals surface area (Å²) < 4.78 is 27.2. The molecular weight excluding hydrogens is 466 g/mol. The molecule has 2 aliphatic heterocycles. The van der Waals surface area contributed by atoms with Gasteiger partial charge in [-0.2, -0.15) is 16.1 Å². The number of hydrogen-bond acceptors (Lipinski definition) is 5. The van der Waals surface area contributed by atoms with Gasteiger partial charge >= 0.3 is 0 Å². The molecule has 32 heavy (non-hydrogen) atoms. The standard InChI is InChI=1S/C23H28ClN3O3S2/c24-20-5-7-21(8-6-20)32(29,30)27-11-9-18(10-12-27)23(28)25-22-4-2-1-3-19(22)17-26-13-15-31-16-14-26/h1-8,18H,9-17H2,(H,25,28). The Morgan fingerprint density at radius 1 is 1.00 bits per heavy atom. The van der Waals surface area contributed by atoms with Crippen molar-refractivity contribution in [2.24, 2.45) is 5.92 Å². The van der Waals surface area contributed by atoms with E-state index in [0.717, 1.165) is 42.4 Å². The summed E-state index contributed by atoms with van der Waals surface area (Å²) in [6.07, 6.45) is 1.01. The lowest BCUT2D eigenvalue weighted by Crippen LogP contribution is -2.41. The van der Waals surface area contributed by atoms with Gasteiger partial charge in [-0.25, -0.2) is 8.42 Å². The third-order valence-electron chi connectivity index (χ3n) is 6.05. The van der Waals surface area contributed by atoms with Crippen molar-refractivity contribution in [1.82, 2.24) is 9.21 Å². The van der Waals surface area contributed by atoms with Crippen molar-refractivity contribution >= 4 is 45.0 Å². The lowest BCUT2D eigenvalue weighted by atomic mass is 9.97. The molecule has 0 unspecified atom stereocenters. The number of nitrogens with one attached hydrogen (secondary N) is 1. The van der Waals surface area contributed by atoms with Gasteiger partial charge in [0, 0.05) is 60.9 Å². The Hall–Kier alpha value is -1.58. The number of benzene rings is 2. The molecule has 1 N–H and O–H groups in total. The Kier molecular flexibility index (Phi) is 7.78. The van der Waals surface area contributed by atoms with Crippen molar-refractivity contribution in [2.75, 3.05) is 43.0 Å². The van der Waals surface area contributed by atoms with E-state index >= 15 is 0 Å². The van der Waals surface area contributed by atoms with Crippen molar-refractivity contribution in [2.45, 2.75) is 24.3 Å². The van der Waals surface area contributed by atoms with E-state index in [1.54, 1.807) is 12.1 Å². The maximum Gasteiger partial charge on any atom is 0.243 e. The molecule has 4 rings (SSSR count). The highest BCUT2D eigenvalue weighted by Gasteiger charge is 2.32. The molecule has 172 valence electrons. The molecule has 2 aliphatic rings. The molecule has 2 fully saturated rings. The number of thioether (sulfide) groups is 1. The predicted molar refractivity (Wildman–Crippen MR) is 131 cm³/mol. The monoisotopic (exact) mass is 493 g/mol. The van der Waals surface area contributed by atoms with Crippen LogP contribution in [0.2, 0.25) is 5.02 Å². The molecule has 0 atom stereocenters. The molecule has 9 heteroatoms. The molecule has 2 aromatic carbocycles. The molecule has 2 aromatic rings. The van der Waals surface area contributed by atoms with Crippen LogP contribution in [0.15, 0.2) is 53.4 Å². The Balaban J connectivity index is 1.35. The van der Waals surface area contributed by atoms with Gasteiger partial charge in [-0.15, -0.1) is 0 Å². The second-order valence-corrected chi connectivity index (χ2v) is 11.8. The normalized spacial score (nSPS) is 19.0. The minimum absolute atomic E-state index is 0.0322. The van der Waals surface area contributed by atoms with E-state index in [0.29, 0.717) is 31.0 Å². The Bertz CT molecular complexity index is 1030. The van der Waals surface area contributed by atoms with Gasteiger partial charge in [-0.3, -0.25) is 9.69 Å². The zero-order valence-corrected chi connectivity index (χ0v) is 20.3. The number of carbonyl (C=O) groups is 1. The number of para-hydroxylation sites is 1. The summed E-state index contributed by atoms with van der Waals surface area (Å²) in [6.45, 7) is 3.61. The largest absolute Gasteiger partial charge is 0.326 e. The van der Waals surface area contributed by atoms with Crippen LogP contribution in [-0.4, -0.2) is 61.2 Å². The SMILES string of the molecule is O=C(Nc1ccccc1CN1CCSCC1)C1CCN(S(=O)(=O)c2ccc(Cl)cc2)CC1. The summed E-state index contributed by atoms with van der Waals surface area (Å²) in [5, 5.41) is 3.61. The van der Waals surface area contributed by atoms with E-state index in [2.05, 4.69) is 16.3 Å². The summed E-state index contributed by atoms with van der Waals surface area (Å²) in [7, 11) is -3.57. The molecule has 0 saturated carbocycles. The maximum atomic E-state index is 13.0. The number of piperidine rings is 1. The number of halogens is 1. The molecular formula is C23H28ClN3O3S2. The zero-order valence-electron chi connectivity index (χ0n) is 17.9. The van der Waals surface area contributed by atoms with Gasteiger partial charge in [0.05, 0.1) is 4.90 Å². The van der Waals surface area contributed by atoms with Crippen molar-refractivity contribution in [3.63, 3.8) is 0 Å². The van der Waals surface area contributed by atoms with Gasteiger partial charge in [0.2, 0.25) is 15.9 Å². The minimum Gasteiger partial charge on any atom is -0.326 e. The highest BCUT2D eigenvalue weighted by molar-refractivity contribution is 7.99. The smallest absolute Gasteiger partial charge is 0.243 e. The van der Waals surface area contributed by atoms with Crippen LogP contribution in [0.25, 0.3) is 0 Å². The molecule has 1 amide bonds. The first kappa shape index (κ1) is 23.6. The average molecular weight is 494 g/mol. The Morgan fingerprint density at radius 2 is 1.66 bits per heavy atom. The van der Waals surface area contributed by atoms with Crippen LogP contribution in [0, 0.1) is 5.92 Å². The van der Waals surface area contributed by atoms with Crippen LogP contribution >= 0.6 is 23.4 Å². The van der Waals surface area contributed by atoms with E-state index in [-0.39, 0.29) is 16.7 Å². The molecule has 0 radical (unpaired) electrons. The number of anilines is 1. The fourth-order valence-electron chi connectivity index (χ4n) is 4.13. The first-order valence-electron chi connectivity index (χ1n) is 10.9. The van der Waals surface area contributed by atoms with Crippen LogP contribution in [-0.2, 0) is 21.4 Å². The van der Waals surface area contributed by atoms with Crippen LogP contribution in [0.3, 0.4) is 0 Å². The second kappa shape index (κ2) is 10.6. The molecule has 0 aliphatic carbocycles. The fraction of sp³-hybridized carbons (Fsp3) is 0.435. The van der Waals surface area contributed by atoms with Gasteiger partial charge < -0.3 is 5.32 Å². The molecule has 0 spiro atoms. The quantitative estimate of drug-likeness (QED) is 0.660. The summed E-state index contributed by atoms with van der Waals surface area (Å²) in [4.78, 5) is 15.6. The fourth-order valence-corrected chi connectivity index (χ4v) is 6.70. The zero-order chi connectivity index (χ0) is 22.6. The lowest BCUT2D eigenvalue weighted by molar-refractivity contribution is -0.120. The number of hydrogen-bond donors (Lipinski definition) is 1. The van der Waals surface area contributed by atoms with Gasteiger partial charge in [0.1, 0.15) is 0 Å². The number of carbonyl (C=O) groups excluding carboxylic acids is 1. The van der Waals surface area contributed by atoms with Gasteiger partial charge in [0.25, 0.3) is 0 Å². The summed E-state index contributed by atoms with van der Waals surface area (Å²) in [5.74, 6) is 2.05. The first-order chi connectivity index (χ1) is 15.4. The highest BCUT2D eigenvalue weighted by Crippen LogP contribution is 2.27. The van der Waals surface area contributed by atoms with Crippen LogP contribution in [0.1, 0.15) is 18.4 Å². The second-order valence-electron chi connectivity index (χ2n) is 8.17. The van der Waals surface area contributed by atoms with Crippen LogP contribution in [0.4, 0.5) is 5.69 Å². The third-order valence-corrected chi connectivity index (χ3v) is 9.16. The topological polar surface area (TPSA) is 69.7 Å². The lowest BCUT2D eigenvalue weighted by Gasteiger charge is -2.31. The Labute approximate surface area is 199 Å². The van der Waals surface area contributed by atoms with Gasteiger partial charge in [0.15, 0.2) is 0 Å². The number of sulfonamides is 1. The van der Waals surface area contributed by atoms with Crippen molar-refractivity contribution in [1.29, 1.82) is 0 Å². The molecule has 2 heterocycles. The Morgan fingerprint density at radius 3 is 2.34 bits per heavy atom. The van der Waals surface area contributed by atoms with Crippen molar-refractivity contribution < 1.29 is 13.2 Å². The first-order valence-corrected chi connectivity index (χ1v) is 13.9. The number of rotatable bonds is 6.